The predicted molar refractivity (Wildman–Crippen MR) is 58.2 cm³/mol. The fourth-order valence-electron chi connectivity index (χ4n) is 1.66. The van der Waals surface area contributed by atoms with E-state index in [1.54, 1.807) is 0 Å². The maximum absolute atomic E-state index is 5.49. The number of aromatic nitrogens is 2. The molecule has 0 atom stereocenters. The minimum Gasteiger partial charge on any atom is -0.346 e. The van der Waals surface area contributed by atoms with E-state index >= 15 is 0 Å². The van der Waals surface area contributed by atoms with E-state index in [2.05, 4.69) is 23.0 Å². The molecule has 0 saturated heterocycles. The molecular weight excluding hydrogens is 174 g/mol. The molecule has 3 nitrogen and oxygen atoms in total. The van der Waals surface area contributed by atoms with Gasteiger partial charge in [-0.1, -0.05) is 0 Å². The molecule has 0 bridgehead atoms. The molecule has 0 radical (unpaired) electrons. The van der Waals surface area contributed by atoms with E-state index in [0.717, 1.165) is 25.0 Å². The Morgan fingerprint density at radius 1 is 1.50 bits per heavy atom. The Bertz CT molecular complexity index is 431. The monoisotopic (exact) mass is 189 g/mol. The van der Waals surface area contributed by atoms with Crippen molar-refractivity contribution in [1.82, 2.24) is 9.97 Å². The van der Waals surface area contributed by atoms with Gasteiger partial charge in [-0.3, -0.25) is 0 Å². The van der Waals surface area contributed by atoms with Crippen molar-refractivity contribution >= 4 is 11.0 Å². The zero-order valence-corrected chi connectivity index (χ0v) is 8.38. The normalized spacial score (nSPS) is 11.0. The molecule has 0 spiro atoms. The molecule has 0 amide bonds. The largest absolute Gasteiger partial charge is 0.346 e. The summed E-state index contributed by atoms with van der Waals surface area (Å²) >= 11 is 0. The molecule has 0 aliphatic heterocycles. The molecular formula is C11H15N3. The molecule has 74 valence electrons. The Morgan fingerprint density at radius 3 is 3.14 bits per heavy atom. The van der Waals surface area contributed by atoms with Gasteiger partial charge in [0.2, 0.25) is 0 Å². The van der Waals surface area contributed by atoms with Crippen LogP contribution in [-0.2, 0) is 6.42 Å². The number of pyridine rings is 1. The highest BCUT2D eigenvalue weighted by atomic mass is 14.8. The Balaban J connectivity index is 2.40. The average molecular weight is 189 g/mol. The lowest BCUT2D eigenvalue weighted by Crippen LogP contribution is -1.99. The van der Waals surface area contributed by atoms with Crippen molar-refractivity contribution in [3.8, 4) is 0 Å². The van der Waals surface area contributed by atoms with Crippen LogP contribution in [0.2, 0.25) is 0 Å². The smallest absolute Gasteiger partial charge is 0.137 e. The number of aryl methyl sites for hydroxylation is 2. The van der Waals surface area contributed by atoms with Crippen molar-refractivity contribution in [2.45, 2.75) is 19.8 Å². The fourth-order valence-corrected chi connectivity index (χ4v) is 1.66. The first-order valence-electron chi connectivity index (χ1n) is 4.94. The van der Waals surface area contributed by atoms with Crippen LogP contribution in [0.1, 0.15) is 17.5 Å². The van der Waals surface area contributed by atoms with Crippen LogP contribution in [0, 0.1) is 6.92 Å². The van der Waals surface area contributed by atoms with Crippen LogP contribution >= 0.6 is 0 Å². The molecule has 0 fully saturated rings. The molecule has 0 aromatic carbocycles. The molecule has 2 aromatic rings. The minimum atomic E-state index is 0.742. The predicted octanol–water partition coefficient (Wildman–Crippen LogP) is 1.76. The highest BCUT2D eigenvalue weighted by Crippen LogP contribution is 2.18. The molecule has 14 heavy (non-hydrogen) atoms. The van der Waals surface area contributed by atoms with Gasteiger partial charge >= 0.3 is 0 Å². The summed E-state index contributed by atoms with van der Waals surface area (Å²) in [7, 11) is 0. The molecule has 0 unspecified atom stereocenters. The summed E-state index contributed by atoms with van der Waals surface area (Å²) in [5.41, 5.74) is 8.99. The third-order valence-electron chi connectivity index (χ3n) is 2.40. The van der Waals surface area contributed by atoms with Crippen LogP contribution < -0.4 is 5.73 Å². The summed E-state index contributed by atoms with van der Waals surface area (Å²) in [5, 5.41) is 1.23. The van der Waals surface area contributed by atoms with E-state index in [0.29, 0.717) is 0 Å². The number of nitrogens with two attached hydrogens (primary N) is 1. The van der Waals surface area contributed by atoms with Crippen molar-refractivity contribution in [2.24, 2.45) is 5.73 Å². The van der Waals surface area contributed by atoms with Crippen LogP contribution in [0.25, 0.3) is 11.0 Å². The topological polar surface area (TPSA) is 54.7 Å². The second kappa shape index (κ2) is 3.80. The number of rotatable bonds is 3. The van der Waals surface area contributed by atoms with Crippen LogP contribution in [0.5, 0.6) is 0 Å². The number of nitrogens with zero attached hydrogens (tertiary/aromatic N) is 1. The van der Waals surface area contributed by atoms with E-state index in [4.69, 9.17) is 5.73 Å². The third kappa shape index (κ3) is 1.63. The van der Waals surface area contributed by atoms with Crippen molar-refractivity contribution in [1.29, 1.82) is 0 Å². The number of hydrogen-bond donors (Lipinski definition) is 2. The number of nitrogens with one attached hydrogen (secondary N) is 1. The van der Waals surface area contributed by atoms with Crippen molar-refractivity contribution in [3.63, 3.8) is 0 Å². The summed E-state index contributed by atoms with van der Waals surface area (Å²) in [6.45, 7) is 2.80. The lowest BCUT2D eigenvalue weighted by Gasteiger charge is -1.97. The van der Waals surface area contributed by atoms with Crippen LogP contribution in [0.4, 0.5) is 0 Å². The number of fused-ring (bicyclic) bond motifs is 1. The Hall–Kier alpha value is -1.35. The molecule has 3 N–H and O–H groups in total. The van der Waals surface area contributed by atoms with Crippen molar-refractivity contribution in [2.75, 3.05) is 6.54 Å². The van der Waals surface area contributed by atoms with E-state index in [9.17, 15) is 0 Å². The van der Waals surface area contributed by atoms with E-state index < -0.39 is 0 Å². The average Bonchev–Trinajstić information content (AvgIpc) is 2.57. The highest BCUT2D eigenvalue weighted by Gasteiger charge is 2.03. The van der Waals surface area contributed by atoms with Gasteiger partial charge in [0.05, 0.1) is 0 Å². The van der Waals surface area contributed by atoms with Crippen LogP contribution in [0.15, 0.2) is 18.5 Å². The molecule has 2 rings (SSSR count). The lowest BCUT2D eigenvalue weighted by molar-refractivity contribution is 0.837. The number of aromatic amines is 1. The summed E-state index contributed by atoms with van der Waals surface area (Å²) in [6, 6.07) is 2.17. The summed E-state index contributed by atoms with van der Waals surface area (Å²) in [5.74, 6) is 0. The first-order valence-corrected chi connectivity index (χ1v) is 4.94. The second-order valence-electron chi connectivity index (χ2n) is 3.61. The van der Waals surface area contributed by atoms with Gasteiger partial charge in [-0.2, -0.15) is 0 Å². The van der Waals surface area contributed by atoms with Gasteiger partial charge in [-0.15, -0.1) is 0 Å². The lowest BCUT2D eigenvalue weighted by atomic mass is 10.1. The first kappa shape index (κ1) is 9.21. The highest BCUT2D eigenvalue weighted by molar-refractivity contribution is 5.80. The zero-order chi connectivity index (χ0) is 9.97. The molecule has 0 aliphatic rings. The first-order chi connectivity index (χ1) is 6.81. The Kier molecular flexibility index (Phi) is 2.50. The summed E-state index contributed by atoms with van der Waals surface area (Å²) in [6.07, 6.45) is 5.97. The maximum atomic E-state index is 5.49. The molecule has 0 saturated carbocycles. The van der Waals surface area contributed by atoms with Gasteiger partial charge in [-0.05, 0) is 43.5 Å². The van der Waals surface area contributed by atoms with Gasteiger partial charge in [0.25, 0.3) is 0 Å². The minimum absolute atomic E-state index is 0.742. The molecule has 2 heterocycles. The maximum Gasteiger partial charge on any atom is 0.137 e. The SMILES string of the molecule is Cc1cnc2[nH]cc(CCCN)c2c1. The number of hydrogen-bond acceptors (Lipinski definition) is 2. The second-order valence-corrected chi connectivity index (χ2v) is 3.61. The standard InChI is InChI=1S/C11H15N3/c1-8-5-10-9(3-2-4-12)7-14-11(10)13-6-8/h5-7H,2-4,12H2,1H3,(H,13,14). The van der Waals surface area contributed by atoms with Gasteiger partial charge in [0, 0.05) is 17.8 Å². The van der Waals surface area contributed by atoms with E-state index in [-0.39, 0.29) is 0 Å². The van der Waals surface area contributed by atoms with Crippen LogP contribution in [-0.4, -0.2) is 16.5 Å². The van der Waals surface area contributed by atoms with Gasteiger partial charge in [0.15, 0.2) is 0 Å². The number of H-pyrrole nitrogens is 1. The summed E-state index contributed by atoms with van der Waals surface area (Å²) in [4.78, 5) is 7.50. The molecule has 3 heteroatoms. The van der Waals surface area contributed by atoms with Crippen molar-refractivity contribution < 1.29 is 0 Å². The van der Waals surface area contributed by atoms with Gasteiger partial charge < -0.3 is 10.7 Å². The van der Waals surface area contributed by atoms with Crippen molar-refractivity contribution in [3.05, 3.63) is 29.6 Å². The van der Waals surface area contributed by atoms with Gasteiger partial charge in [-0.25, -0.2) is 4.98 Å². The third-order valence-corrected chi connectivity index (χ3v) is 2.40. The Morgan fingerprint density at radius 2 is 2.36 bits per heavy atom. The van der Waals surface area contributed by atoms with E-state index in [1.807, 2.05) is 12.4 Å². The van der Waals surface area contributed by atoms with E-state index in [1.165, 1.54) is 16.5 Å². The fraction of sp³-hybridized carbons (Fsp3) is 0.364. The quantitative estimate of drug-likeness (QED) is 0.773. The molecule has 0 aliphatic carbocycles. The molecule has 2 aromatic heterocycles. The van der Waals surface area contributed by atoms with Gasteiger partial charge in [0.1, 0.15) is 5.65 Å². The zero-order valence-electron chi connectivity index (χ0n) is 8.38. The summed E-state index contributed by atoms with van der Waals surface area (Å²) < 4.78 is 0. The van der Waals surface area contributed by atoms with Crippen LogP contribution in [0.3, 0.4) is 0 Å². The Labute approximate surface area is 83.3 Å².